The molecule has 1 aromatic carbocycles. The van der Waals surface area contributed by atoms with Gasteiger partial charge in [-0.25, -0.2) is 0 Å². The molecule has 130 valence electrons. The first-order valence-electron chi connectivity index (χ1n) is 8.80. The SMILES string of the molecule is CCN1CCC(N(C)CC(O)COc2ccc(C)cc2C)CC1. The van der Waals surface area contributed by atoms with E-state index in [1.54, 1.807) is 0 Å². The standard InChI is InChI=1S/C19H32N2O2/c1-5-21-10-8-17(9-11-21)20(4)13-18(22)14-23-19-7-6-15(2)12-16(19)3/h6-7,12,17-18,22H,5,8-11,13-14H2,1-4H3. The third-order valence-electron chi connectivity index (χ3n) is 4.89. The van der Waals surface area contributed by atoms with E-state index in [9.17, 15) is 5.11 Å². The van der Waals surface area contributed by atoms with Gasteiger partial charge in [-0.1, -0.05) is 24.6 Å². The summed E-state index contributed by atoms with van der Waals surface area (Å²) in [6, 6.07) is 6.72. The number of aliphatic hydroxyl groups excluding tert-OH is 1. The molecule has 1 saturated heterocycles. The average Bonchev–Trinajstić information content (AvgIpc) is 2.54. The number of aliphatic hydroxyl groups is 1. The predicted octanol–water partition coefficient (Wildman–Crippen LogP) is 2.46. The van der Waals surface area contributed by atoms with Crippen LogP contribution in [-0.4, -0.2) is 66.9 Å². The van der Waals surface area contributed by atoms with Gasteiger partial charge in [-0.15, -0.1) is 0 Å². The lowest BCUT2D eigenvalue weighted by Gasteiger charge is -2.37. The largest absolute Gasteiger partial charge is 0.491 e. The molecule has 23 heavy (non-hydrogen) atoms. The first-order chi connectivity index (χ1) is 11.0. The summed E-state index contributed by atoms with van der Waals surface area (Å²) in [7, 11) is 2.12. The summed E-state index contributed by atoms with van der Waals surface area (Å²) < 4.78 is 5.79. The second-order valence-electron chi connectivity index (χ2n) is 6.84. The first-order valence-corrected chi connectivity index (χ1v) is 8.80. The van der Waals surface area contributed by atoms with Crippen LogP contribution < -0.4 is 4.74 Å². The van der Waals surface area contributed by atoms with Crippen molar-refractivity contribution in [2.45, 2.75) is 45.8 Å². The van der Waals surface area contributed by atoms with Crippen molar-refractivity contribution in [3.8, 4) is 5.75 Å². The fourth-order valence-corrected chi connectivity index (χ4v) is 3.36. The minimum atomic E-state index is -0.454. The first kappa shape index (κ1) is 18.2. The Hall–Kier alpha value is -1.10. The Labute approximate surface area is 141 Å². The summed E-state index contributed by atoms with van der Waals surface area (Å²) in [5, 5.41) is 10.3. The monoisotopic (exact) mass is 320 g/mol. The highest BCUT2D eigenvalue weighted by Crippen LogP contribution is 2.19. The van der Waals surface area contributed by atoms with Gasteiger partial charge in [0.25, 0.3) is 0 Å². The van der Waals surface area contributed by atoms with Crippen molar-refractivity contribution in [1.82, 2.24) is 9.80 Å². The molecule has 0 aliphatic carbocycles. The van der Waals surface area contributed by atoms with E-state index in [2.05, 4.69) is 36.8 Å². The molecule has 1 aromatic rings. The minimum Gasteiger partial charge on any atom is -0.491 e. The molecule has 1 aliphatic rings. The van der Waals surface area contributed by atoms with Crippen LogP contribution in [0.2, 0.25) is 0 Å². The second-order valence-corrected chi connectivity index (χ2v) is 6.84. The number of hydrogen-bond acceptors (Lipinski definition) is 4. The zero-order chi connectivity index (χ0) is 16.8. The van der Waals surface area contributed by atoms with Crippen LogP contribution in [-0.2, 0) is 0 Å². The Morgan fingerprint density at radius 3 is 2.61 bits per heavy atom. The topological polar surface area (TPSA) is 35.9 Å². The molecule has 1 fully saturated rings. The van der Waals surface area contributed by atoms with Crippen LogP contribution in [0, 0.1) is 13.8 Å². The summed E-state index contributed by atoms with van der Waals surface area (Å²) >= 11 is 0. The zero-order valence-corrected chi connectivity index (χ0v) is 15.1. The van der Waals surface area contributed by atoms with Crippen molar-refractivity contribution in [3.05, 3.63) is 29.3 Å². The maximum atomic E-state index is 10.3. The van der Waals surface area contributed by atoms with Gasteiger partial charge in [-0.05, 0) is 65.0 Å². The number of likely N-dealkylation sites (N-methyl/N-ethyl adjacent to an activating group) is 1. The number of hydrogen-bond donors (Lipinski definition) is 1. The molecular formula is C19H32N2O2. The molecule has 1 aliphatic heterocycles. The molecule has 1 heterocycles. The van der Waals surface area contributed by atoms with Gasteiger partial charge in [0.05, 0.1) is 0 Å². The van der Waals surface area contributed by atoms with E-state index >= 15 is 0 Å². The van der Waals surface area contributed by atoms with E-state index in [1.807, 2.05) is 19.1 Å². The lowest BCUT2D eigenvalue weighted by atomic mass is 10.0. The molecule has 0 saturated carbocycles. The third kappa shape index (κ3) is 5.48. The van der Waals surface area contributed by atoms with E-state index < -0.39 is 6.10 Å². The Balaban J connectivity index is 1.74. The number of benzene rings is 1. The van der Waals surface area contributed by atoms with Crippen LogP contribution in [0.4, 0.5) is 0 Å². The van der Waals surface area contributed by atoms with Crippen molar-refractivity contribution < 1.29 is 9.84 Å². The van der Waals surface area contributed by atoms with Gasteiger partial charge >= 0.3 is 0 Å². The highest BCUT2D eigenvalue weighted by Gasteiger charge is 2.23. The maximum absolute atomic E-state index is 10.3. The Bertz CT molecular complexity index is 484. The van der Waals surface area contributed by atoms with E-state index in [0.717, 1.165) is 17.9 Å². The Kier molecular flexibility index (Phi) is 6.88. The molecule has 1 unspecified atom stereocenters. The number of piperidine rings is 1. The highest BCUT2D eigenvalue weighted by atomic mass is 16.5. The highest BCUT2D eigenvalue weighted by molar-refractivity contribution is 5.35. The Morgan fingerprint density at radius 2 is 2.00 bits per heavy atom. The molecular weight excluding hydrogens is 288 g/mol. The molecule has 0 bridgehead atoms. The lowest BCUT2D eigenvalue weighted by Crippen LogP contribution is -2.46. The molecule has 2 rings (SSSR count). The average molecular weight is 320 g/mol. The van der Waals surface area contributed by atoms with Gasteiger partial charge in [-0.3, -0.25) is 0 Å². The quantitative estimate of drug-likeness (QED) is 0.837. The number of aryl methyl sites for hydroxylation is 2. The summed E-state index contributed by atoms with van der Waals surface area (Å²) in [5.41, 5.74) is 2.35. The van der Waals surface area contributed by atoms with Gasteiger partial charge in [0.1, 0.15) is 18.5 Å². The van der Waals surface area contributed by atoms with Crippen LogP contribution >= 0.6 is 0 Å². The summed E-state index contributed by atoms with van der Waals surface area (Å²) in [4.78, 5) is 4.78. The normalized spacial score (nSPS) is 18.3. The van der Waals surface area contributed by atoms with E-state index in [4.69, 9.17) is 4.74 Å². The van der Waals surface area contributed by atoms with Crippen molar-refractivity contribution in [3.63, 3.8) is 0 Å². The van der Waals surface area contributed by atoms with Crippen LogP contribution in [0.5, 0.6) is 5.75 Å². The zero-order valence-electron chi connectivity index (χ0n) is 15.1. The molecule has 4 heteroatoms. The molecule has 0 radical (unpaired) electrons. The van der Waals surface area contributed by atoms with Gasteiger partial charge in [0.15, 0.2) is 0 Å². The molecule has 0 amide bonds. The second kappa shape index (κ2) is 8.67. The summed E-state index contributed by atoms with van der Waals surface area (Å²) in [6.07, 6.45) is 1.93. The van der Waals surface area contributed by atoms with Crippen LogP contribution in [0.25, 0.3) is 0 Å². The number of nitrogens with zero attached hydrogens (tertiary/aromatic N) is 2. The molecule has 0 spiro atoms. The maximum Gasteiger partial charge on any atom is 0.122 e. The van der Waals surface area contributed by atoms with Crippen molar-refractivity contribution in [2.24, 2.45) is 0 Å². The van der Waals surface area contributed by atoms with Gasteiger partial charge < -0.3 is 19.6 Å². The van der Waals surface area contributed by atoms with E-state index in [0.29, 0.717) is 19.2 Å². The van der Waals surface area contributed by atoms with Crippen LogP contribution in [0.15, 0.2) is 18.2 Å². The van der Waals surface area contributed by atoms with Crippen molar-refractivity contribution in [2.75, 3.05) is 39.8 Å². The molecule has 4 nitrogen and oxygen atoms in total. The van der Waals surface area contributed by atoms with Gasteiger partial charge in [0.2, 0.25) is 0 Å². The molecule has 1 atom stereocenters. The summed E-state index contributed by atoms with van der Waals surface area (Å²) in [6.45, 7) is 10.8. The number of likely N-dealkylation sites (tertiary alicyclic amines) is 1. The van der Waals surface area contributed by atoms with Crippen molar-refractivity contribution >= 4 is 0 Å². The van der Waals surface area contributed by atoms with Gasteiger partial charge in [0, 0.05) is 12.6 Å². The van der Waals surface area contributed by atoms with Crippen LogP contribution in [0.1, 0.15) is 30.9 Å². The smallest absolute Gasteiger partial charge is 0.122 e. The Morgan fingerprint density at radius 1 is 1.30 bits per heavy atom. The predicted molar refractivity (Wildman–Crippen MR) is 95.2 cm³/mol. The summed E-state index contributed by atoms with van der Waals surface area (Å²) in [5.74, 6) is 0.869. The fraction of sp³-hybridized carbons (Fsp3) is 0.684. The molecule has 1 N–H and O–H groups in total. The number of rotatable bonds is 7. The number of ether oxygens (including phenoxy) is 1. The van der Waals surface area contributed by atoms with Gasteiger partial charge in [-0.2, -0.15) is 0 Å². The van der Waals surface area contributed by atoms with Crippen molar-refractivity contribution in [1.29, 1.82) is 0 Å². The minimum absolute atomic E-state index is 0.349. The van der Waals surface area contributed by atoms with Crippen LogP contribution in [0.3, 0.4) is 0 Å². The fourth-order valence-electron chi connectivity index (χ4n) is 3.36. The van der Waals surface area contributed by atoms with E-state index in [1.165, 1.54) is 31.5 Å². The van der Waals surface area contributed by atoms with E-state index in [-0.39, 0.29) is 0 Å². The third-order valence-corrected chi connectivity index (χ3v) is 4.89. The molecule has 0 aromatic heterocycles. The lowest BCUT2D eigenvalue weighted by molar-refractivity contribution is 0.0476.